The number of aromatic nitrogens is 1. The van der Waals surface area contributed by atoms with Crippen molar-refractivity contribution in [2.75, 3.05) is 18.5 Å². The number of halogens is 1. The summed E-state index contributed by atoms with van der Waals surface area (Å²) in [5.74, 6) is 1.26. The summed E-state index contributed by atoms with van der Waals surface area (Å²) >= 11 is 7.75. The topological polar surface area (TPSA) is 60.5 Å². The molecule has 25 heavy (non-hydrogen) atoms. The van der Waals surface area contributed by atoms with Gasteiger partial charge >= 0.3 is 0 Å². The van der Waals surface area contributed by atoms with Crippen LogP contribution in [-0.4, -0.2) is 24.1 Å². The largest absolute Gasteiger partial charge is 0.490 e. The Hall–Kier alpha value is -1.79. The minimum absolute atomic E-state index is 0.262. The second-order valence-corrected chi connectivity index (χ2v) is 7.14. The quantitative estimate of drug-likeness (QED) is 0.690. The summed E-state index contributed by atoms with van der Waals surface area (Å²) in [6.07, 6.45) is 3.23. The number of hydrogen-bond acceptors (Lipinski definition) is 5. The van der Waals surface area contributed by atoms with Gasteiger partial charge in [0.2, 0.25) is 0 Å². The number of anilines is 1. The average molecular weight is 381 g/mol. The van der Waals surface area contributed by atoms with E-state index in [1.54, 1.807) is 12.1 Å². The maximum atomic E-state index is 12.5. The number of rotatable bonds is 8. The molecule has 1 amide bonds. The zero-order chi connectivity index (χ0) is 17.8. The molecule has 3 rings (SSSR count). The van der Waals surface area contributed by atoms with E-state index < -0.39 is 0 Å². The summed E-state index contributed by atoms with van der Waals surface area (Å²) in [6.45, 7) is 4.88. The molecule has 7 heteroatoms. The van der Waals surface area contributed by atoms with Crippen LogP contribution in [0.4, 0.5) is 5.13 Å². The number of nitrogens with zero attached hydrogens (tertiary/aromatic N) is 1. The van der Waals surface area contributed by atoms with E-state index in [1.807, 2.05) is 19.2 Å². The Morgan fingerprint density at radius 1 is 1.36 bits per heavy atom. The fourth-order valence-electron chi connectivity index (χ4n) is 2.39. The van der Waals surface area contributed by atoms with Crippen LogP contribution in [-0.2, 0) is 0 Å². The molecule has 0 spiro atoms. The predicted octanol–water partition coefficient (Wildman–Crippen LogP) is 5.11. The van der Waals surface area contributed by atoms with Crippen molar-refractivity contribution in [2.45, 2.75) is 39.0 Å². The van der Waals surface area contributed by atoms with Crippen LogP contribution in [0, 0.1) is 0 Å². The lowest BCUT2D eigenvalue weighted by atomic mass is 10.2. The van der Waals surface area contributed by atoms with Crippen molar-refractivity contribution in [1.29, 1.82) is 0 Å². The van der Waals surface area contributed by atoms with E-state index in [2.05, 4.69) is 10.3 Å². The first-order chi connectivity index (χ1) is 12.1. The summed E-state index contributed by atoms with van der Waals surface area (Å²) in [7, 11) is 0. The molecule has 1 aliphatic rings. The summed E-state index contributed by atoms with van der Waals surface area (Å²) in [5.41, 5.74) is 1.48. The SMILES string of the molecule is CCCOc1c(Cl)cc(C(=O)Nc2nc(C3CC3)cs2)cc1OCC. The molecule has 0 saturated heterocycles. The molecule has 5 nitrogen and oxygen atoms in total. The molecule has 1 aromatic carbocycles. The summed E-state index contributed by atoms with van der Waals surface area (Å²) in [5, 5.41) is 5.81. The minimum atomic E-state index is -0.262. The highest BCUT2D eigenvalue weighted by atomic mass is 35.5. The van der Waals surface area contributed by atoms with Gasteiger partial charge in [0.15, 0.2) is 16.6 Å². The molecule has 0 bridgehead atoms. The van der Waals surface area contributed by atoms with Crippen LogP contribution in [0.1, 0.15) is 55.1 Å². The maximum Gasteiger partial charge on any atom is 0.257 e. The van der Waals surface area contributed by atoms with Gasteiger partial charge in [-0.3, -0.25) is 10.1 Å². The number of benzene rings is 1. The third-order valence-corrected chi connectivity index (χ3v) is 4.82. The van der Waals surface area contributed by atoms with E-state index in [9.17, 15) is 4.79 Å². The van der Waals surface area contributed by atoms with Crippen molar-refractivity contribution in [3.05, 3.63) is 33.8 Å². The smallest absolute Gasteiger partial charge is 0.257 e. The molecular formula is C18H21ClN2O3S. The molecule has 1 saturated carbocycles. The highest BCUT2D eigenvalue weighted by Gasteiger charge is 2.26. The van der Waals surface area contributed by atoms with Crippen LogP contribution < -0.4 is 14.8 Å². The van der Waals surface area contributed by atoms with E-state index >= 15 is 0 Å². The molecule has 0 unspecified atom stereocenters. The number of thiazole rings is 1. The summed E-state index contributed by atoms with van der Waals surface area (Å²) in [6, 6.07) is 3.25. The molecule has 0 aliphatic heterocycles. The van der Waals surface area contributed by atoms with E-state index in [0.29, 0.717) is 46.3 Å². The first-order valence-electron chi connectivity index (χ1n) is 8.48. The Morgan fingerprint density at radius 3 is 2.84 bits per heavy atom. The van der Waals surface area contributed by atoms with Crippen LogP contribution in [0.3, 0.4) is 0 Å². The molecule has 1 heterocycles. The lowest BCUT2D eigenvalue weighted by Gasteiger charge is -2.14. The number of amides is 1. The second kappa shape index (κ2) is 8.06. The van der Waals surface area contributed by atoms with Gasteiger partial charge < -0.3 is 9.47 Å². The highest BCUT2D eigenvalue weighted by molar-refractivity contribution is 7.14. The molecule has 0 atom stereocenters. The van der Waals surface area contributed by atoms with Gasteiger partial charge in [-0.15, -0.1) is 11.3 Å². The molecule has 1 aliphatic carbocycles. The number of ether oxygens (including phenoxy) is 2. The molecule has 1 N–H and O–H groups in total. The Labute approximate surface area is 156 Å². The van der Waals surface area contributed by atoms with Crippen LogP contribution in [0.2, 0.25) is 5.02 Å². The van der Waals surface area contributed by atoms with E-state index in [-0.39, 0.29) is 5.91 Å². The van der Waals surface area contributed by atoms with E-state index in [0.717, 1.165) is 12.1 Å². The van der Waals surface area contributed by atoms with Gasteiger partial charge in [-0.2, -0.15) is 0 Å². The van der Waals surface area contributed by atoms with Gasteiger partial charge in [0, 0.05) is 16.9 Å². The molecule has 2 aromatic rings. The van der Waals surface area contributed by atoms with Crippen LogP contribution >= 0.6 is 22.9 Å². The van der Waals surface area contributed by atoms with Gasteiger partial charge in [-0.1, -0.05) is 18.5 Å². The molecule has 1 fully saturated rings. The van der Waals surface area contributed by atoms with Crippen molar-refractivity contribution in [3.8, 4) is 11.5 Å². The van der Waals surface area contributed by atoms with Gasteiger partial charge in [-0.25, -0.2) is 4.98 Å². The van der Waals surface area contributed by atoms with Crippen molar-refractivity contribution < 1.29 is 14.3 Å². The normalized spacial score (nSPS) is 13.6. The zero-order valence-corrected chi connectivity index (χ0v) is 15.9. The van der Waals surface area contributed by atoms with Crippen molar-refractivity contribution >= 4 is 34.0 Å². The fraction of sp³-hybridized carbons (Fsp3) is 0.444. The Bertz CT molecular complexity index is 759. The molecular weight excluding hydrogens is 360 g/mol. The first-order valence-corrected chi connectivity index (χ1v) is 9.74. The van der Waals surface area contributed by atoms with Crippen molar-refractivity contribution in [1.82, 2.24) is 4.98 Å². The third-order valence-electron chi connectivity index (χ3n) is 3.76. The fourth-order valence-corrected chi connectivity index (χ4v) is 3.44. The molecule has 0 radical (unpaired) electrons. The van der Waals surface area contributed by atoms with Crippen molar-refractivity contribution in [2.24, 2.45) is 0 Å². The maximum absolute atomic E-state index is 12.5. The Morgan fingerprint density at radius 2 is 2.16 bits per heavy atom. The molecule has 134 valence electrons. The number of nitrogens with one attached hydrogen (secondary N) is 1. The van der Waals surface area contributed by atoms with Gasteiger partial charge in [-0.05, 0) is 38.3 Å². The van der Waals surface area contributed by atoms with E-state index in [1.165, 1.54) is 24.2 Å². The second-order valence-electron chi connectivity index (χ2n) is 5.87. The first kappa shape index (κ1) is 18.0. The minimum Gasteiger partial charge on any atom is -0.490 e. The zero-order valence-electron chi connectivity index (χ0n) is 14.3. The lowest BCUT2D eigenvalue weighted by molar-refractivity contribution is 0.102. The molecule has 1 aromatic heterocycles. The standard InChI is InChI=1S/C18H21ClN2O3S/c1-3-7-24-16-13(19)8-12(9-15(16)23-4-2)17(22)21-18-20-14(10-25-18)11-5-6-11/h8-11H,3-7H2,1-2H3,(H,20,21,22). The Balaban J connectivity index is 1.78. The summed E-state index contributed by atoms with van der Waals surface area (Å²) < 4.78 is 11.3. The van der Waals surface area contributed by atoms with Gasteiger partial charge in [0.1, 0.15) is 0 Å². The third kappa shape index (κ3) is 4.44. The van der Waals surface area contributed by atoms with Crippen LogP contribution in [0.15, 0.2) is 17.5 Å². The number of carbonyl (C=O) groups excluding carboxylic acids is 1. The number of carbonyl (C=O) groups is 1. The average Bonchev–Trinajstić information content (AvgIpc) is 3.34. The summed E-state index contributed by atoms with van der Waals surface area (Å²) in [4.78, 5) is 17.0. The monoisotopic (exact) mass is 380 g/mol. The van der Waals surface area contributed by atoms with Gasteiger partial charge in [0.25, 0.3) is 5.91 Å². The van der Waals surface area contributed by atoms with Crippen LogP contribution in [0.25, 0.3) is 0 Å². The Kier molecular flexibility index (Phi) is 5.81. The van der Waals surface area contributed by atoms with E-state index in [4.69, 9.17) is 21.1 Å². The van der Waals surface area contributed by atoms with Gasteiger partial charge in [0.05, 0.1) is 23.9 Å². The predicted molar refractivity (Wildman–Crippen MR) is 100 cm³/mol. The highest BCUT2D eigenvalue weighted by Crippen LogP contribution is 2.41. The van der Waals surface area contributed by atoms with Crippen LogP contribution in [0.5, 0.6) is 11.5 Å². The van der Waals surface area contributed by atoms with Crippen molar-refractivity contribution in [3.63, 3.8) is 0 Å². The number of hydrogen-bond donors (Lipinski definition) is 1. The lowest BCUT2D eigenvalue weighted by Crippen LogP contribution is -2.12.